The molecule has 0 spiro atoms. The largest absolute Gasteiger partial charge is 0.319 e. The molecular formula is C20H16ClFN2O3S. The summed E-state index contributed by atoms with van der Waals surface area (Å²) < 4.78 is 40.7. The number of anilines is 2. The maximum atomic E-state index is 13.8. The highest BCUT2D eigenvalue weighted by Gasteiger charge is 2.22. The molecule has 0 heterocycles. The lowest BCUT2D eigenvalue weighted by Gasteiger charge is -2.19. The third-order valence-electron chi connectivity index (χ3n) is 4.05. The quantitative estimate of drug-likeness (QED) is 0.660. The highest BCUT2D eigenvalue weighted by atomic mass is 35.5. The van der Waals surface area contributed by atoms with Crippen molar-refractivity contribution in [2.75, 3.05) is 16.7 Å². The van der Waals surface area contributed by atoms with Crippen molar-refractivity contribution in [2.45, 2.75) is 4.90 Å². The summed E-state index contributed by atoms with van der Waals surface area (Å²) in [5, 5.41) is 2.66. The normalized spacial score (nSPS) is 11.1. The fraction of sp³-hybridized carbons (Fsp3) is 0.0500. The van der Waals surface area contributed by atoms with Crippen molar-refractivity contribution in [3.63, 3.8) is 0 Å². The first kappa shape index (κ1) is 19.9. The van der Waals surface area contributed by atoms with Crippen molar-refractivity contribution in [1.29, 1.82) is 0 Å². The van der Waals surface area contributed by atoms with Crippen LogP contribution in [0.2, 0.25) is 5.02 Å². The summed E-state index contributed by atoms with van der Waals surface area (Å²) in [5.41, 5.74) is 0.465. The Morgan fingerprint density at radius 2 is 1.71 bits per heavy atom. The van der Waals surface area contributed by atoms with Crippen LogP contribution in [0.4, 0.5) is 15.8 Å². The standard InChI is InChI=1S/C20H16ClFN2O3S/c1-24(16-7-3-2-4-8-16)28(26,27)17-9-5-6-14(12-17)20(25)23-19-13-15(21)10-11-18(19)22/h2-13H,1H3,(H,23,25). The minimum atomic E-state index is -3.88. The van der Waals surface area contributed by atoms with Gasteiger partial charge in [0.1, 0.15) is 5.82 Å². The van der Waals surface area contributed by atoms with Gasteiger partial charge in [-0.05, 0) is 48.5 Å². The number of benzene rings is 3. The molecule has 8 heteroatoms. The zero-order valence-corrected chi connectivity index (χ0v) is 16.3. The van der Waals surface area contributed by atoms with Gasteiger partial charge in [-0.1, -0.05) is 35.9 Å². The Balaban J connectivity index is 1.89. The fourth-order valence-electron chi connectivity index (χ4n) is 2.52. The molecule has 0 bridgehead atoms. The second-order valence-corrected chi connectivity index (χ2v) is 8.32. The molecule has 0 aliphatic rings. The highest BCUT2D eigenvalue weighted by Crippen LogP contribution is 2.24. The van der Waals surface area contributed by atoms with E-state index in [1.165, 1.54) is 43.4 Å². The van der Waals surface area contributed by atoms with Gasteiger partial charge < -0.3 is 5.32 Å². The first-order valence-electron chi connectivity index (χ1n) is 8.19. The van der Waals surface area contributed by atoms with Crippen molar-refractivity contribution in [1.82, 2.24) is 0 Å². The van der Waals surface area contributed by atoms with E-state index in [0.717, 1.165) is 10.4 Å². The summed E-state index contributed by atoms with van der Waals surface area (Å²) in [7, 11) is -2.45. The molecule has 3 aromatic rings. The second kappa shape index (κ2) is 8.00. The Labute approximate surface area is 167 Å². The van der Waals surface area contributed by atoms with Gasteiger partial charge in [0.05, 0.1) is 16.3 Å². The van der Waals surface area contributed by atoms with Crippen LogP contribution in [-0.2, 0) is 10.0 Å². The topological polar surface area (TPSA) is 66.5 Å². The number of carbonyl (C=O) groups excluding carboxylic acids is 1. The maximum Gasteiger partial charge on any atom is 0.264 e. The second-order valence-electron chi connectivity index (χ2n) is 5.91. The number of halogens is 2. The first-order valence-corrected chi connectivity index (χ1v) is 10.0. The van der Waals surface area contributed by atoms with Crippen molar-refractivity contribution in [2.24, 2.45) is 0 Å². The third-order valence-corrected chi connectivity index (χ3v) is 6.07. The lowest BCUT2D eigenvalue weighted by atomic mass is 10.2. The number of carbonyl (C=O) groups is 1. The summed E-state index contributed by atoms with van der Waals surface area (Å²) in [5.74, 6) is -1.30. The number of sulfonamides is 1. The Morgan fingerprint density at radius 1 is 1.00 bits per heavy atom. The van der Waals surface area contributed by atoms with Gasteiger partial charge in [-0.25, -0.2) is 12.8 Å². The van der Waals surface area contributed by atoms with Crippen LogP contribution in [0.1, 0.15) is 10.4 Å². The number of rotatable bonds is 5. The van der Waals surface area contributed by atoms with Gasteiger partial charge in [0, 0.05) is 17.6 Å². The molecule has 0 fully saturated rings. The van der Waals surface area contributed by atoms with Crippen LogP contribution in [-0.4, -0.2) is 21.4 Å². The number of hydrogen-bond donors (Lipinski definition) is 1. The SMILES string of the molecule is CN(c1ccccc1)S(=O)(=O)c1cccc(C(=O)Nc2cc(Cl)ccc2F)c1. The molecule has 3 aromatic carbocycles. The summed E-state index contributed by atoms with van der Waals surface area (Å²) in [6.45, 7) is 0. The van der Waals surface area contributed by atoms with E-state index < -0.39 is 21.7 Å². The molecule has 1 amide bonds. The van der Waals surface area contributed by atoms with Crippen molar-refractivity contribution in [3.8, 4) is 0 Å². The van der Waals surface area contributed by atoms with Gasteiger partial charge >= 0.3 is 0 Å². The van der Waals surface area contributed by atoms with Crippen molar-refractivity contribution >= 4 is 38.9 Å². The summed E-state index contributed by atoms with van der Waals surface area (Å²) >= 11 is 5.82. The van der Waals surface area contributed by atoms with Gasteiger partial charge in [-0.15, -0.1) is 0 Å². The van der Waals surface area contributed by atoms with E-state index in [1.807, 2.05) is 0 Å². The number of hydrogen-bond acceptors (Lipinski definition) is 3. The van der Waals surface area contributed by atoms with Crippen LogP contribution in [0, 0.1) is 5.82 Å². The lowest BCUT2D eigenvalue weighted by Crippen LogP contribution is -2.26. The van der Waals surface area contributed by atoms with Crippen molar-refractivity contribution in [3.05, 3.63) is 89.2 Å². The molecule has 0 saturated carbocycles. The van der Waals surface area contributed by atoms with Crippen LogP contribution in [0.5, 0.6) is 0 Å². The number of amides is 1. The molecule has 144 valence electrons. The van der Waals surface area contributed by atoms with Crippen LogP contribution < -0.4 is 9.62 Å². The van der Waals surface area contributed by atoms with E-state index in [4.69, 9.17) is 11.6 Å². The predicted molar refractivity (Wildman–Crippen MR) is 108 cm³/mol. The molecule has 0 aliphatic carbocycles. The zero-order valence-electron chi connectivity index (χ0n) is 14.8. The average Bonchev–Trinajstić information content (AvgIpc) is 2.71. The van der Waals surface area contributed by atoms with Crippen LogP contribution in [0.25, 0.3) is 0 Å². The molecule has 0 saturated heterocycles. The molecule has 0 aliphatic heterocycles. The number of para-hydroxylation sites is 1. The average molecular weight is 419 g/mol. The van der Waals surface area contributed by atoms with Crippen LogP contribution in [0.15, 0.2) is 77.7 Å². The lowest BCUT2D eigenvalue weighted by molar-refractivity contribution is 0.102. The van der Waals surface area contributed by atoms with Crippen molar-refractivity contribution < 1.29 is 17.6 Å². The Hall–Kier alpha value is -2.90. The van der Waals surface area contributed by atoms with Gasteiger partial charge in [-0.3, -0.25) is 9.10 Å². The molecule has 0 aromatic heterocycles. The molecule has 5 nitrogen and oxygen atoms in total. The number of nitrogens with zero attached hydrogens (tertiary/aromatic N) is 1. The summed E-state index contributed by atoms with van der Waals surface area (Å²) in [4.78, 5) is 12.4. The maximum absolute atomic E-state index is 13.8. The predicted octanol–water partition coefficient (Wildman–Crippen LogP) is 4.56. The van der Waals surface area contributed by atoms with Crippen LogP contribution in [0.3, 0.4) is 0 Å². The molecule has 0 radical (unpaired) electrons. The molecule has 1 N–H and O–H groups in total. The smallest absolute Gasteiger partial charge is 0.264 e. The molecular weight excluding hydrogens is 403 g/mol. The zero-order chi connectivity index (χ0) is 20.3. The van der Waals surface area contributed by atoms with Gasteiger partial charge in [-0.2, -0.15) is 0 Å². The van der Waals surface area contributed by atoms with E-state index >= 15 is 0 Å². The Bertz CT molecular complexity index is 1120. The first-order chi connectivity index (χ1) is 13.3. The molecule has 0 unspecified atom stereocenters. The van der Waals surface area contributed by atoms with Gasteiger partial charge in [0.15, 0.2) is 0 Å². The molecule has 28 heavy (non-hydrogen) atoms. The summed E-state index contributed by atoms with van der Waals surface area (Å²) in [6, 6.07) is 17.9. The highest BCUT2D eigenvalue weighted by molar-refractivity contribution is 7.92. The minimum absolute atomic E-state index is 0.0573. The van der Waals surface area contributed by atoms with E-state index in [0.29, 0.717) is 5.69 Å². The number of nitrogens with one attached hydrogen (secondary N) is 1. The Kier molecular flexibility index (Phi) is 5.67. The Morgan fingerprint density at radius 3 is 2.43 bits per heavy atom. The van der Waals surface area contributed by atoms with E-state index in [2.05, 4.69) is 5.32 Å². The molecule has 0 atom stereocenters. The summed E-state index contributed by atoms with van der Waals surface area (Å²) in [6.07, 6.45) is 0. The monoisotopic (exact) mass is 418 g/mol. The third kappa shape index (κ3) is 4.16. The van der Waals surface area contributed by atoms with E-state index in [9.17, 15) is 17.6 Å². The van der Waals surface area contributed by atoms with E-state index in [-0.39, 0.29) is 21.2 Å². The minimum Gasteiger partial charge on any atom is -0.319 e. The van der Waals surface area contributed by atoms with E-state index in [1.54, 1.807) is 30.3 Å². The van der Waals surface area contributed by atoms with Gasteiger partial charge in [0.2, 0.25) is 0 Å². The van der Waals surface area contributed by atoms with Crippen LogP contribution >= 0.6 is 11.6 Å². The molecule has 3 rings (SSSR count). The van der Waals surface area contributed by atoms with Gasteiger partial charge in [0.25, 0.3) is 15.9 Å². The fourth-order valence-corrected chi connectivity index (χ4v) is 3.93.